The van der Waals surface area contributed by atoms with Gasteiger partial charge in [-0.1, -0.05) is 35.9 Å². The highest BCUT2D eigenvalue weighted by Gasteiger charge is 2.24. The molecule has 0 heterocycles. The smallest absolute Gasteiger partial charge is 0.145 e. The fraction of sp³-hybridized carbons (Fsp3) is 0.250. The molecule has 0 aliphatic carbocycles. The van der Waals surface area contributed by atoms with E-state index in [0.29, 0.717) is 16.7 Å². The van der Waals surface area contributed by atoms with Crippen LogP contribution in [0.1, 0.15) is 23.6 Å². The summed E-state index contributed by atoms with van der Waals surface area (Å²) in [5.41, 5.74) is 6.96. The van der Waals surface area contributed by atoms with Crippen molar-refractivity contribution in [3.05, 3.63) is 69.7 Å². The van der Waals surface area contributed by atoms with Crippen LogP contribution in [0.25, 0.3) is 0 Å². The molecule has 0 bridgehead atoms. The molecule has 1 nitrogen and oxygen atoms in total. The first-order valence-corrected chi connectivity index (χ1v) is 6.67. The van der Waals surface area contributed by atoms with Gasteiger partial charge in [-0.25, -0.2) is 8.78 Å². The lowest BCUT2D eigenvalue weighted by molar-refractivity contribution is 0.471. The van der Waals surface area contributed by atoms with Crippen LogP contribution in [-0.2, 0) is 12.0 Å². The van der Waals surface area contributed by atoms with Crippen molar-refractivity contribution < 1.29 is 8.78 Å². The summed E-state index contributed by atoms with van der Waals surface area (Å²) in [5.74, 6) is -0.788. The molecule has 0 aliphatic rings. The SMILES string of the molecule is Cc1ccc(C(C)(N)Cc2cccc(Cl)c2F)cc1F. The van der Waals surface area contributed by atoms with Gasteiger partial charge in [0, 0.05) is 5.54 Å². The van der Waals surface area contributed by atoms with Crippen LogP contribution in [0.15, 0.2) is 36.4 Å². The van der Waals surface area contributed by atoms with E-state index in [4.69, 9.17) is 17.3 Å². The molecule has 2 N–H and O–H groups in total. The third kappa shape index (κ3) is 3.00. The molecule has 2 rings (SSSR count). The van der Waals surface area contributed by atoms with Crippen molar-refractivity contribution >= 4 is 11.6 Å². The van der Waals surface area contributed by atoms with Gasteiger partial charge in [0.25, 0.3) is 0 Å². The molecular formula is C16H16ClF2N. The highest BCUT2D eigenvalue weighted by molar-refractivity contribution is 6.30. The van der Waals surface area contributed by atoms with Crippen LogP contribution in [0, 0.1) is 18.6 Å². The van der Waals surface area contributed by atoms with Gasteiger partial charge in [0.15, 0.2) is 0 Å². The van der Waals surface area contributed by atoms with Gasteiger partial charge in [-0.05, 0) is 49.1 Å². The van der Waals surface area contributed by atoms with Crippen molar-refractivity contribution in [1.29, 1.82) is 0 Å². The van der Waals surface area contributed by atoms with Gasteiger partial charge in [0.1, 0.15) is 11.6 Å². The Balaban J connectivity index is 2.35. The van der Waals surface area contributed by atoms with Crippen molar-refractivity contribution in [2.75, 3.05) is 0 Å². The maximum Gasteiger partial charge on any atom is 0.145 e. The first kappa shape index (κ1) is 14.9. The fourth-order valence-electron chi connectivity index (χ4n) is 2.13. The Morgan fingerprint density at radius 2 is 1.90 bits per heavy atom. The van der Waals surface area contributed by atoms with Gasteiger partial charge < -0.3 is 5.73 Å². The molecule has 2 aromatic carbocycles. The monoisotopic (exact) mass is 295 g/mol. The van der Waals surface area contributed by atoms with E-state index in [2.05, 4.69) is 0 Å². The number of hydrogen-bond donors (Lipinski definition) is 1. The zero-order chi connectivity index (χ0) is 14.9. The Kier molecular flexibility index (Phi) is 4.11. The third-order valence-electron chi connectivity index (χ3n) is 3.42. The van der Waals surface area contributed by atoms with Gasteiger partial charge in [0.2, 0.25) is 0 Å². The predicted octanol–water partition coefficient (Wildman–Crippen LogP) is 4.34. The Morgan fingerprint density at radius 3 is 2.55 bits per heavy atom. The quantitative estimate of drug-likeness (QED) is 0.895. The van der Waals surface area contributed by atoms with E-state index in [-0.39, 0.29) is 17.3 Å². The van der Waals surface area contributed by atoms with Crippen LogP contribution in [0.2, 0.25) is 5.02 Å². The minimum atomic E-state index is -0.875. The molecular weight excluding hydrogens is 280 g/mol. The van der Waals surface area contributed by atoms with E-state index < -0.39 is 11.4 Å². The maximum absolute atomic E-state index is 13.9. The minimum Gasteiger partial charge on any atom is -0.321 e. The second-order valence-electron chi connectivity index (χ2n) is 5.27. The molecule has 2 aromatic rings. The lowest BCUT2D eigenvalue weighted by Crippen LogP contribution is -2.36. The van der Waals surface area contributed by atoms with E-state index >= 15 is 0 Å². The lowest BCUT2D eigenvalue weighted by Gasteiger charge is -2.26. The van der Waals surface area contributed by atoms with Crippen molar-refractivity contribution in [1.82, 2.24) is 0 Å². The normalized spacial score (nSPS) is 14.1. The van der Waals surface area contributed by atoms with Gasteiger partial charge in [-0.3, -0.25) is 0 Å². The summed E-state index contributed by atoms with van der Waals surface area (Å²) in [5, 5.41) is 0.0633. The van der Waals surface area contributed by atoms with Crippen molar-refractivity contribution in [2.24, 2.45) is 5.73 Å². The number of nitrogens with two attached hydrogens (primary N) is 1. The number of rotatable bonds is 3. The van der Waals surface area contributed by atoms with Crippen LogP contribution in [0.4, 0.5) is 8.78 Å². The topological polar surface area (TPSA) is 26.0 Å². The van der Waals surface area contributed by atoms with Crippen molar-refractivity contribution in [2.45, 2.75) is 25.8 Å². The molecule has 0 aromatic heterocycles. The molecule has 0 spiro atoms. The predicted molar refractivity (Wildman–Crippen MR) is 77.8 cm³/mol. The molecule has 20 heavy (non-hydrogen) atoms. The Bertz CT molecular complexity index is 638. The molecule has 0 aliphatic heterocycles. The molecule has 106 valence electrons. The first-order valence-electron chi connectivity index (χ1n) is 6.29. The Labute approximate surface area is 122 Å². The van der Waals surface area contributed by atoms with E-state index in [9.17, 15) is 8.78 Å². The maximum atomic E-state index is 13.9. The highest BCUT2D eigenvalue weighted by atomic mass is 35.5. The molecule has 1 atom stereocenters. The first-order chi connectivity index (χ1) is 9.31. The van der Waals surface area contributed by atoms with Gasteiger partial charge >= 0.3 is 0 Å². The average Bonchev–Trinajstić information content (AvgIpc) is 2.38. The Morgan fingerprint density at radius 1 is 1.20 bits per heavy atom. The molecule has 0 saturated carbocycles. The van der Waals surface area contributed by atoms with Gasteiger partial charge in [-0.2, -0.15) is 0 Å². The van der Waals surface area contributed by atoms with E-state index in [0.717, 1.165) is 0 Å². The largest absolute Gasteiger partial charge is 0.321 e. The molecule has 1 unspecified atom stereocenters. The number of halogens is 3. The summed E-state index contributed by atoms with van der Waals surface area (Å²) < 4.78 is 27.6. The molecule has 0 radical (unpaired) electrons. The van der Waals surface area contributed by atoms with Crippen LogP contribution in [-0.4, -0.2) is 0 Å². The summed E-state index contributed by atoms with van der Waals surface area (Å²) >= 11 is 5.76. The summed E-state index contributed by atoms with van der Waals surface area (Å²) in [6, 6.07) is 9.63. The number of hydrogen-bond acceptors (Lipinski definition) is 1. The fourth-order valence-corrected chi connectivity index (χ4v) is 2.32. The van der Waals surface area contributed by atoms with E-state index in [1.807, 2.05) is 0 Å². The van der Waals surface area contributed by atoms with E-state index in [1.54, 1.807) is 38.1 Å². The lowest BCUT2D eigenvalue weighted by atomic mass is 9.86. The summed E-state index contributed by atoms with van der Waals surface area (Å²) in [4.78, 5) is 0. The van der Waals surface area contributed by atoms with Crippen molar-refractivity contribution in [3.8, 4) is 0 Å². The second kappa shape index (κ2) is 5.51. The standard InChI is InChI=1S/C16H16ClF2N/c1-10-6-7-12(8-14(10)18)16(2,20)9-11-4-3-5-13(17)15(11)19/h3-8H,9,20H2,1-2H3. The summed E-state index contributed by atoms with van der Waals surface area (Å²) in [7, 11) is 0. The van der Waals surface area contributed by atoms with Gasteiger partial charge in [0.05, 0.1) is 5.02 Å². The third-order valence-corrected chi connectivity index (χ3v) is 3.71. The van der Waals surface area contributed by atoms with Crippen molar-refractivity contribution in [3.63, 3.8) is 0 Å². The molecule has 0 fully saturated rings. The second-order valence-corrected chi connectivity index (χ2v) is 5.68. The van der Waals surface area contributed by atoms with Crippen LogP contribution < -0.4 is 5.73 Å². The average molecular weight is 296 g/mol. The molecule has 4 heteroatoms. The van der Waals surface area contributed by atoms with Crippen LogP contribution in [0.5, 0.6) is 0 Å². The summed E-state index contributed by atoms with van der Waals surface area (Å²) in [6.45, 7) is 3.43. The van der Waals surface area contributed by atoms with Crippen LogP contribution in [0.3, 0.4) is 0 Å². The van der Waals surface area contributed by atoms with Crippen LogP contribution >= 0.6 is 11.6 Å². The number of aryl methyl sites for hydroxylation is 1. The zero-order valence-electron chi connectivity index (χ0n) is 11.4. The summed E-state index contributed by atoms with van der Waals surface area (Å²) in [6.07, 6.45) is 0.238. The van der Waals surface area contributed by atoms with Gasteiger partial charge in [-0.15, -0.1) is 0 Å². The molecule has 0 saturated heterocycles. The zero-order valence-corrected chi connectivity index (χ0v) is 12.1. The Hall–Kier alpha value is -1.45. The number of benzene rings is 2. The molecule has 0 amide bonds. The van der Waals surface area contributed by atoms with E-state index in [1.165, 1.54) is 12.1 Å². The minimum absolute atomic E-state index is 0.0633. The highest BCUT2D eigenvalue weighted by Crippen LogP contribution is 2.27.